The summed E-state index contributed by atoms with van der Waals surface area (Å²) < 4.78 is 17.7. The van der Waals surface area contributed by atoms with Crippen LogP contribution in [0.15, 0.2) is 54.6 Å². The molecular weight excluding hydrogens is 419 g/mol. The van der Waals surface area contributed by atoms with Gasteiger partial charge in [0.05, 0.1) is 11.2 Å². The minimum absolute atomic E-state index is 0.181. The lowest BCUT2D eigenvalue weighted by molar-refractivity contribution is -0.120. The van der Waals surface area contributed by atoms with Crippen LogP contribution in [0.2, 0.25) is 0 Å². The van der Waals surface area contributed by atoms with Gasteiger partial charge in [-0.05, 0) is 63.7 Å². The van der Waals surface area contributed by atoms with Gasteiger partial charge in [-0.15, -0.1) is 0 Å². The number of amides is 2. The molecule has 2 aromatic rings. The maximum Gasteiger partial charge on any atom is 0.494 e. The first-order valence-corrected chi connectivity index (χ1v) is 11.4. The first kappa shape index (κ1) is 23.3. The van der Waals surface area contributed by atoms with Crippen molar-refractivity contribution >= 4 is 30.3 Å². The predicted molar refractivity (Wildman–Crippen MR) is 127 cm³/mol. The Balaban J connectivity index is 1.38. The maximum absolute atomic E-state index is 13.0. The van der Waals surface area contributed by atoms with Gasteiger partial charge in [0, 0.05) is 12.2 Å². The Bertz CT molecular complexity index is 995. The molecule has 2 amide bonds. The summed E-state index contributed by atoms with van der Waals surface area (Å²) in [6, 6.07) is 16.4. The highest BCUT2D eigenvalue weighted by Gasteiger charge is 2.51. The lowest BCUT2D eigenvalue weighted by Gasteiger charge is -2.32. The smallest absolute Gasteiger partial charge is 0.445 e. The summed E-state index contributed by atoms with van der Waals surface area (Å²) in [5, 5.41) is 2.95. The van der Waals surface area contributed by atoms with Gasteiger partial charge in [-0.3, -0.25) is 9.69 Å². The lowest BCUT2D eigenvalue weighted by atomic mass is 9.79. The van der Waals surface area contributed by atoms with Crippen molar-refractivity contribution in [2.75, 3.05) is 11.9 Å². The van der Waals surface area contributed by atoms with E-state index in [1.807, 2.05) is 82.3 Å². The molecule has 4 rings (SSSR count). The maximum atomic E-state index is 13.0. The number of nitrogens with one attached hydrogen (secondary N) is 1. The monoisotopic (exact) mass is 450 g/mol. The quantitative estimate of drug-likeness (QED) is 0.703. The van der Waals surface area contributed by atoms with E-state index in [-0.39, 0.29) is 12.5 Å². The number of benzene rings is 2. The lowest BCUT2D eigenvalue weighted by Crippen LogP contribution is -2.43. The van der Waals surface area contributed by atoms with Crippen LogP contribution in [0.4, 0.5) is 10.5 Å². The zero-order valence-corrected chi connectivity index (χ0v) is 19.7. The number of rotatable bonds is 5. The Kier molecular flexibility index (Phi) is 6.50. The molecule has 174 valence electrons. The molecule has 0 saturated carbocycles. The van der Waals surface area contributed by atoms with Gasteiger partial charge in [-0.25, -0.2) is 4.79 Å². The fraction of sp³-hybridized carbons (Fsp3) is 0.440. The molecule has 0 aromatic heterocycles. The minimum Gasteiger partial charge on any atom is -0.445 e. The molecule has 0 bridgehead atoms. The summed E-state index contributed by atoms with van der Waals surface area (Å²) in [6.07, 6.45) is 0.887. The van der Waals surface area contributed by atoms with Crippen LogP contribution >= 0.6 is 0 Å². The summed E-state index contributed by atoms with van der Waals surface area (Å²) >= 11 is 0. The average molecular weight is 450 g/mol. The largest absolute Gasteiger partial charge is 0.494 e. The number of likely N-dealkylation sites (tertiary alicyclic amines) is 1. The fourth-order valence-electron chi connectivity index (χ4n) is 4.03. The number of hydrogen-bond acceptors (Lipinski definition) is 5. The van der Waals surface area contributed by atoms with Crippen molar-refractivity contribution in [1.29, 1.82) is 0 Å². The molecule has 0 spiro atoms. The van der Waals surface area contributed by atoms with E-state index in [1.165, 1.54) is 4.90 Å². The number of carbonyl (C=O) groups is 2. The highest BCUT2D eigenvalue weighted by molar-refractivity contribution is 6.62. The normalized spacial score (nSPS) is 21.2. The Labute approximate surface area is 195 Å². The zero-order chi connectivity index (χ0) is 23.6. The van der Waals surface area contributed by atoms with Gasteiger partial charge in [-0.1, -0.05) is 42.5 Å². The van der Waals surface area contributed by atoms with E-state index < -0.39 is 30.5 Å². The molecule has 2 fully saturated rings. The number of ether oxygens (including phenoxy) is 1. The van der Waals surface area contributed by atoms with Crippen molar-refractivity contribution in [3.8, 4) is 0 Å². The first-order chi connectivity index (χ1) is 15.7. The highest BCUT2D eigenvalue weighted by Crippen LogP contribution is 2.36. The van der Waals surface area contributed by atoms with Crippen molar-refractivity contribution < 1.29 is 23.6 Å². The van der Waals surface area contributed by atoms with Crippen molar-refractivity contribution in [1.82, 2.24) is 4.90 Å². The molecule has 2 aliphatic rings. The third-order valence-corrected chi connectivity index (χ3v) is 6.67. The molecule has 2 aliphatic heterocycles. The van der Waals surface area contributed by atoms with Crippen LogP contribution < -0.4 is 10.8 Å². The van der Waals surface area contributed by atoms with Gasteiger partial charge in [-0.2, -0.15) is 0 Å². The number of hydrogen-bond donors (Lipinski definition) is 1. The van der Waals surface area contributed by atoms with Crippen molar-refractivity contribution in [3.63, 3.8) is 0 Å². The second kappa shape index (κ2) is 9.19. The number of anilines is 1. The molecule has 7 nitrogen and oxygen atoms in total. The van der Waals surface area contributed by atoms with Crippen LogP contribution in [-0.4, -0.2) is 47.8 Å². The van der Waals surface area contributed by atoms with Crippen LogP contribution in [0.1, 0.15) is 46.1 Å². The topological polar surface area (TPSA) is 77.1 Å². The molecule has 1 atom stereocenters. The van der Waals surface area contributed by atoms with E-state index in [4.69, 9.17) is 14.0 Å². The van der Waals surface area contributed by atoms with E-state index in [2.05, 4.69) is 5.32 Å². The average Bonchev–Trinajstić information content (AvgIpc) is 3.35. The molecule has 2 aromatic carbocycles. The van der Waals surface area contributed by atoms with Gasteiger partial charge in [0.2, 0.25) is 5.91 Å². The molecule has 2 saturated heterocycles. The van der Waals surface area contributed by atoms with Gasteiger partial charge < -0.3 is 19.4 Å². The van der Waals surface area contributed by atoms with Crippen molar-refractivity contribution in [2.45, 2.75) is 64.4 Å². The van der Waals surface area contributed by atoms with Crippen molar-refractivity contribution in [3.05, 3.63) is 60.2 Å². The highest BCUT2D eigenvalue weighted by atomic mass is 16.7. The third kappa shape index (κ3) is 5.07. The Morgan fingerprint density at radius 2 is 1.76 bits per heavy atom. The second-order valence-electron chi connectivity index (χ2n) is 9.59. The molecule has 8 heteroatoms. The third-order valence-electron chi connectivity index (χ3n) is 6.67. The van der Waals surface area contributed by atoms with E-state index >= 15 is 0 Å². The van der Waals surface area contributed by atoms with Gasteiger partial charge >= 0.3 is 13.2 Å². The number of nitrogens with zero attached hydrogens (tertiary/aromatic N) is 1. The molecule has 1 N–H and O–H groups in total. The molecule has 1 unspecified atom stereocenters. The van der Waals surface area contributed by atoms with E-state index in [0.717, 1.165) is 17.4 Å². The summed E-state index contributed by atoms with van der Waals surface area (Å²) in [7, 11) is -0.511. The van der Waals surface area contributed by atoms with Gasteiger partial charge in [0.1, 0.15) is 12.6 Å². The summed E-state index contributed by atoms with van der Waals surface area (Å²) in [5.41, 5.74) is 1.49. The van der Waals surface area contributed by atoms with Gasteiger partial charge in [0.25, 0.3) is 0 Å². The minimum atomic E-state index is -0.561. The molecule has 2 heterocycles. The molecular formula is C25H31BN2O5. The van der Waals surface area contributed by atoms with Gasteiger partial charge in [0.15, 0.2) is 0 Å². The Morgan fingerprint density at radius 1 is 1.06 bits per heavy atom. The molecule has 0 radical (unpaired) electrons. The van der Waals surface area contributed by atoms with Crippen LogP contribution in [0, 0.1) is 0 Å². The summed E-state index contributed by atoms with van der Waals surface area (Å²) in [6.45, 7) is 8.70. The fourth-order valence-corrected chi connectivity index (χ4v) is 4.03. The standard InChI is InChI=1S/C25H31BN2O5/c1-24(2)25(3,4)33-26(32-24)19-12-8-13-20(16-19)27-22(29)21-14-9-15-28(21)23(30)31-17-18-10-6-5-7-11-18/h5-8,10-13,16,21H,9,14-15,17H2,1-4H3,(H,27,29). The molecule has 33 heavy (non-hydrogen) atoms. The summed E-state index contributed by atoms with van der Waals surface area (Å²) in [5.74, 6) is -0.227. The van der Waals surface area contributed by atoms with E-state index in [1.54, 1.807) is 0 Å². The second-order valence-corrected chi connectivity index (χ2v) is 9.59. The first-order valence-electron chi connectivity index (χ1n) is 11.4. The van der Waals surface area contributed by atoms with E-state index in [0.29, 0.717) is 18.7 Å². The van der Waals surface area contributed by atoms with Crippen LogP contribution in [0.5, 0.6) is 0 Å². The van der Waals surface area contributed by atoms with Crippen LogP contribution in [0.25, 0.3) is 0 Å². The Hall–Kier alpha value is -2.84. The zero-order valence-electron chi connectivity index (χ0n) is 19.7. The van der Waals surface area contributed by atoms with Crippen LogP contribution in [0.3, 0.4) is 0 Å². The number of carbonyl (C=O) groups excluding carboxylic acids is 2. The summed E-state index contributed by atoms with van der Waals surface area (Å²) in [4.78, 5) is 27.2. The van der Waals surface area contributed by atoms with Crippen molar-refractivity contribution in [2.24, 2.45) is 0 Å². The SMILES string of the molecule is CC1(C)OB(c2cccc(NC(=O)C3CCCN3C(=O)OCc3ccccc3)c2)OC1(C)C. The predicted octanol–water partition coefficient (Wildman–Crippen LogP) is 3.73. The molecule has 0 aliphatic carbocycles. The Morgan fingerprint density at radius 3 is 2.45 bits per heavy atom. The van der Waals surface area contributed by atoms with E-state index in [9.17, 15) is 9.59 Å². The van der Waals surface area contributed by atoms with Crippen LogP contribution in [-0.2, 0) is 25.4 Å².